The predicted octanol–water partition coefficient (Wildman–Crippen LogP) is 1.60. The Morgan fingerprint density at radius 1 is 1.44 bits per heavy atom. The number of halogens is 1. The smallest absolute Gasteiger partial charge is 0.341 e. The van der Waals surface area contributed by atoms with Gasteiger partial charge < -0.3 is 15.0 Å². The lowest BCUT2D eigenvalue weighted by Gasteiger charge is -2.25. The van der Waals surface area contributed by atoms with E-state index in [0.29, 0.717) is 24.3 Å². The van der Waals surface area contributed by atoms with Gasteiger partial charge in [-0.2, -0.15) is 5.10 Å². The molecule has 1 fully saturated rings. The van der Waals surface area contributed by atoms with Crippen molar-refractivity contribution >= 4 is 17.4 Å². The monoisotopic (exact) mass is 343 g/mol. The highest BCUT2D eigenvalue weighted by Crippen LogP contribution is 2.34. The third kappa shape index (κ3) is 2.53. The molecule has 128 valence electrons. The number of aromatic nitrogens is 4. The molecule has 0 spiro atoms. The van der Waals surface area contributed by atoms with Crippen LogP contribution in [0, 0.1) is 5.82 Å². The molecule has 3 aromatic heterocycles. The number of aromatic amines is 1. The molecular weight excluding hydrogens is 329 g/mol. The molecule has 0 aliphatic carbocycles. The highest BCUT2D eigenvalue weighted by molar-refractivity contribution is 5.94. The van der Waals surface area contributed by atoms with E-state index < -0.39 is 11.8 Å². The fraction of sp³-hybridized carbons (Fsp3) is 0.250. The molecule has 2 N–H and O–H groups in total. The zero-order chi connectivity index (χ0) is 17.6. The molecule has 1 saturated heterocycles. The average molecular weight is 343 g/mol. The zero-order valence-corrected chi connectivity index (χ0v) is 13.0. The van der Waals surface area contributed by atoms with Crippen LogP contribution in [0.25, 0.3) is 5.65 Å². The molecule has 8 nitrogen and oxygen atoms in total. The second-order valence-electron chi connectivity index (χ2n) is 5.87. The van der Waals surface area contributed by atoms with Crippen LogP contribution in [0.15, 0.2) is 35.5 Å². The molecule has 1 aliphatic rings. The van der Waals surface area contributed by atoms with Gasteiger partial charge in [0.15, 0.2) is 5.65 Å². The number of carboxylic acids is 1. The van der Waals surface area contributed by atoms with Gasteiger partial charge in [-0.1, -0.05) is 0 Å². The van der Waals surface area contributed by atoms with Crippen molar-refractivity contribution in [2.24, 2.45) is 0 Å². The summed E-state index contributed by atoms with van der Waals surface area (Å²) < 4.78 is 14.9. The number of H-pyrrole nitrogens is 1. The maximum absolute atomic E-state index is 13.6. The van der Waals surface area contributed by atoms with E-state index in [0.717, 1.165) is 12.6 Å². The Morgan fingerprint density at radius 2 is 2.28 bits per heavy atom. The second-order valence-corrected chi connectivity index (χ2v) is 5.87. The fourth-order valence-electron chi connectivity index (χ4n) is 3.26. The number of nitrogens with zero attached hydrogens (tertiary/aromatic N) is 4. The molecule has 0 amide bonds. The largest absolute Gasteiger partial charge is 0.477 e. The van der Waals surface area contributed by atoms with Crippen LogP contribution in [0.3, 0.4) is 0 Å². The number of anilines is 1. The molecule has 1 atom stereocenters. The second kappa shape index (κ2) is 5.69. The van der Waals surface area contributed by atoms with Gasteiger partial charge in [-0.25, -0.2) is 18.7 Å². The predicted molar refractivity (Wildman–Crippen MR) is 86.3 cm³/mol. The lowest BCUT2D eigenvalue weighted by Crippen LogP contribution is -2.28. The fourth-order valence-corrected chi connectivity index (χ4v) is 3.26. The van der Waals surface area contributed by atoms with Crippen LogP contribution >= 0.6 is 0 Å². The van der Waals surface area contributed by atoms with Crippen molar-refractivity contribution in [1.29, 1.82) is 0 Å². The van der Waals surface area contributed by atoms with Crippen LogP contribution in [0.2, 0.25) is 0 Å². The number of aromatic carboxylic acids is 1. The first kappa shape index (κ1) is 15.3. The molecule has 25 heavy (non-hydrogen) atoms. The quantitative estimate of drug-likeness (QED) is 0.749. The van der Waals surface area contributed by atoms with Crippen molar-refractivity contribution in [3.05, 3.63) is 58.0 Å². The molecule has 0 saturated carbocycles. The van der Waals surface area contributed by atoms with E-state index in [1.54, 1.807) is 12.3 Å². The Bertz CT molecular complexity index is 1030. The van der Waals surface area contributed by atoms with E-state index in [9.17, 15) is 19.1 Å². The van der Waals surface area contributed by atoms with Gasteiger partial charge in [0.1, 0.15) is 17.2 Å². The molecule has 0 unspecified atom stereocenters. The minimum absolute atomic E-state index is 0.00111. The van der Waals surface area contributed by atoms with Crippen molar-refractivity contribution < 1.29 is 14.3 Å². The van der Waals surface area contributed by atoms with Crippen molar-refractivity contribution in [3.8, 4) is 0 Å². The maximum Gasteiger partial charge on any atom is 0.341 e. The first-order valence-corrected chi connectivity index (χ1v) is 7.77. The van der Waals surface area contributed by atoms with Gasteiger partial charge in [-0.15, -0.1) is 0 Å². The van der Waals surface area contributed by atoms with Gasteiger partial charge in [-0.3, -0.25) is 4.79 Å². The Hall–Kier alpha value is -3.23. The Kier molecular flexibility index (Phi) is 3.48. The van der Waals surface area contributed by atoms with Crippen molar-refractivity contribution in [2.45, 2.75) is 18.9 Å². The molecular formula is C16H14FN5O3. The first-order chi connectivity index (χ1) is 12.0. The number of rotatable bonds is 3. The van der Waals surface area contributed by atoms with E-state index >= 15 is 0 Å². The molecule has 0 radical (unpaired) electrons. The van der Waals surface area contributed by atoms with E-state index in [4.69, 9.17) is 0 Å². The van der Waals surface area contributed by atoms with Gasteiger partial charge in [0.25, 0.3) is 5.56 Å². The standard InChI is InChI=1S/C16H14FN5O3/c17-9-6-10(15(23)18-7-9)12-2-1-4-21(12)13-3-5-22-14(20-13)11(8-19-22)16(24)25/h3,5-8,12H,1-2,4H2,(H,18,23)(H,24,25)/t12-/m1/s1. The van der Waals surface area contributed by atoms with Crippen LogP contribution in [0.4, 0.5) is 10.2 Å². The third-order valence-electron chi connectivity index (χ3n) is 4.39. The Morgan fingerprint density at radius 3 is 3.08 bits per heavy atom. The number of carbonyl (C=O) groups is 1. The Labute approximate surface area is 140 Å². The first-order valence-electron chi connectivity index (χ1n) is 7.77. The molecule has 3 aromatic rings. The van der Waals surface area contributed by atoms with Crippen LogP contribution in [-0.2, 0) is 0 Å². The van der Waals surface area contributed by atoms with Gasteiger partial charge >= 0.3 is 5.97 Å². The summed E-state index contributed by atoms with van der Waals surface area (Å²) in [5, 5.41) is 13.2. The van der Waals surface area contributed by atoms with Gasteiger partial charge in [-0.05, 0) is 25.0 Å². The van der Waals surface area contributed by atoms with E-state index in [-0.39, 0.29) is 22.8 Å². The molecule has 0 bridgehead atoms. The lowest BCUT2D eigenvalue weighted by atomic mass is 10.1. The van der Waals surface area contributed by atoms with Crippen molar-refractivity contribution in [1.82, 2.24) is 19.6 Å². The summed E-state index contributed by atoms with van der Waals surface area (Å²) in [7, 11) is 0. The topological polar surface area (TPSA) is 104 Å². The molecule has 4 heterocycles. The molecule has 1 aliphatic heterocycles. The summed E-state index contributed by atoms with van der Waals surface area (Å²) in [6, 6.07) is 2.63. The minimum Gasteiger partial charge on any atom is -0.477 e. The summed E-state index contributed by atoms with van der Waals surface area (Å²) in [6.07, 6.45) is 5.40. The number of carboxylic acid groups (broad SMARTS) is 1. The normalized spacial score (nSPS) is 17.3. The highest BCUT2D eigenvalue weighted by Gasteiger charge is 2.30. The third-order valence-corrected chi connectivity index (χ3v) is 4.39. The molecule has 9 heteroatoms. The Balaban J connectivity index is 1.79. The van der Waals surface area contributed by atoms with Gasteiger partial charge in [0, 0.05) is 24.5 Å². The van der Waals surface area contributed by atoms with E-state index in [1.165, 1.54) is 16.8 Å². The van der Waals surface area contributed by atoms with Crippen LogP contribution in [0.5, 0.6) is 0 Å². The number of hydrogen-bond donors (Lipinski definition) is 2. The van der Waals surface area contributed by atoms with Crippen LogP contribution in [-0.4, -0.2) is 37.2 Å². The highest BCUT2D eigenvalue weighted by atomic mass is 19.1. The van der Waals surface area contributed by atoms with Gasteiger partial charge in [0.05, 0.1) is 12.2 Å². The van der Waals surface area contributed by atoms with Crippen LogP contribution < -0.4 is 10.5 Å². The van der Waals surface area contributed by atoms with Crippen LogP contribution in [0.1, 0.15) is 34.8 Å². The lowest BCUT2D eigenvalue weighted by molar-refractivity contribution is 0.0698. The summed E-state index contributed by atoms with van der Waals surface area (Å²) in [4.78, 5) is 32.1. The minimum atomic E-state index is -1.11. The van der Waals surface area contributed by atoms with E-state index in [2.05, 4.69) is 15.1 Å². The average Bonchev–Trinajstić information content (AvgIpc) is 3.22. The number of pyridine rings is 1. The number of nitrogens with one attached hydrogen (secondary N) is 1. The zero-order valence-electron chi connectivity index (χ0n) is 13.0. The van der Waals surface area contributed by atoms with Crippen molar-refractivity contribution in [2.75, 3.05) is 11.4 Å². The summed E-state index contributed by atoms with van der Waals surface area (Å²) in [6.45, 7) is 0.639. The van der Waals surface area contributed by atoms with Crippen molar-refractivity contribution in [3.63, 3.8) is 0 Å². The SMILES string of the molecule is O=C(O)c1cnn2ccc(N3CCC[C@@H]3c3cc(F)c[nH]c3=O)nc12. The summed E-state index contributed by atoms with van der Waals surface area (Å²) in [5.74, 6) is -1.09. The molecule has 0 aromatic carbocycles. The summed E-state index contributed by atoms with van der Waals surface area (Å²) >= 11 is 0. The van der Waals surface area contributed by atoms with Gasteiger partial charge in [0.2, 0.25) is 0 Å². The number of fused-ring (bicyclic) bond motifs is 1. The summed E-state index contributed by atoms with van der Waals surface area (Å²) in [5.41, 5.74) is 0.228. The molecule has 4 rings (SSSR count). The maximum atomic E-state index is 13.6. The number of hydrogen-bond acceptors (Lipinski definition) is 5. The van der Waals surface area contributed by atoms with E-state index in [1.807, 2.05) is 4.90 Å².